The lowest BCUT2D eigenvalue weighted by Gasteiger charge is -2.14. The van der Waals surface area contributed by atoms with Crippen LogP contribution in [0.5, 0.6) is 5.75 Å². The van der Waals surface area contributed by atoms with Crippen molar-refractivity contribution in [3.8, 4) is 5.75 Å². The minimum atomic E-state index is -3.60. The molecule has 6 nitrogen and oxygen atoms in total. The third kappa shape index (κ3) is 6.03. The molecular formula is C14H22N2O4S. The minimum absolute atomic E-state index is 0.257. The highest BCUT2D eigenvalue weighted by Crippen LogP contribution is 2.18. The molecule has 0 aliphatic carbocycles. The summed E-state index contributed by atoms with van der Waals surface area (Å²) in [6.07, 6.45) is 0.813. The summed E-state index contributed by atoms with van der Waals surface area (Å²) < 4.78 is 31.6. The van der Waals surface area contributed by atoms with Gasteiger partial charge in [-0.15, -0.1) is 0 Å². The molecule has 2 N–H and O–H groups in total. The van der Waals surface area contributed by atoms with Gasteiger partial charge in [-0.05, 0) is 18.6 Å². The molecule has 0 bridgehead atoms. The molecule has 1 rings (SSSR count). The summed E-state index contributed by atoms with van der Waals surface area (Å²) in [5.74, 6) is -0.573. The molecule has 0 aliphatic heterocycles. The Labute approximate surface area is 125 Å². The van der Waals surface area contributed by atoms with Crippen molar-refractivity contribution < 1.29 is 17.9 Å². The number of carbonyl (C=O) groups excluding carboxylic acids is 1. The molecule has 0 aromatic heterocycles. The van der Waals surface area contributed by atoms with Crippen molar-refractivity contribution >= 4 is 21.6 Å². The summed E-state index contributed by atoms with van der Waals surface area (Å²) in [6, 6.07) is 6.62. The summed E-state index contributed by atoms with van der Waals surface area (Å²) in [4.78, 5) is 11.7. The van der Waals surface area contributed by atoms with E-state index in [0.29, 0.717) is 18.0 Å². The Bertz CT molecular complexity index is 572. The van der Waals surface area contributed by atoms with Gasteiger partial charge >= 0.3 is 0 Å². The van der Waals surface area contributed by atoms with E-state index in [-0.39, 0.29) is 11.7 Å². The second kappa shape index (κ2) is 7.87. The van der Waals surface area contributed by atoms with Gasteiger partial charge in [0.1, 0.15) is 5.75 Å². The number of methoxy groups -OCH3 is 1. The smallest absolute Gasteiger partial charge is 0.233 e. The van der Waals surface area contributed by atoms with Crippen LogP contribution in [0, 0.1) is 5.92 Å². The highest BCUT2D eigenvalue weighted by Gasteiger charge is 2.21. The Balaban J connectivity index is 2.66. The van der Waals surface area contributed by atoms with Crippen LogP contribution in [0.4, 0.5) is 5.69 Å². The van der Waals surface area contributed by atoms with Crippen LogP contribution >= 0.6 is 0 Å². The van der Waals surface area contributed by atoms with Gasteiger partial charge in [0.05, 0.1) is 24.5 Å². The van der Waals surface area contributed by atoms with Gasteiger partial charge in [0.2, 0.25) is 15.9 Å². The predicted molar refractivity (Wildman–Crippen MR) is 82.9 cm³/mol. The fraction of sp³-hybridized carbons (Fsp3) is 0.500. The normalized spacial score (nSPS) is 12.5. The highest BCUT2D eigenvalue weighted by atomic mass is 32.2. The molecular weight excluding hydrogens is 292 g/mol. The molecule has 1 atom stereocenters. The third-order valence-corrected chi connectivity index (χ3v) is 4.29. The van der Waals surface area contributed by atoms with Crippen molar-refractivity contribution in [1.29, 1.82) is 0 Å². The highest BCUT2D eigenvalue weighted by molar-refractivity contribution is 7.92. The predicted octanol–water partition coefficient (Wildman–Crippen LogP) is 1.60. The number of carbonyl (C=O) groups is 1. The maximum absolute atomic E-state index is 12.1. The molecule has 7 heteroatoms. The SMILES string of the molecule is CCCNC(=O)C(C)CS(=O)(=O)Nc1cccc(OC)c1. The maximum Gasteiger partial charge on any atom is 0.233 e. The Morgan fingerprint density at radius 2 is 2.10 bits per heavy atom. The Morgan fingerprint density at radius 3 is 2.71 bits per heavy atom. The number of hydrogen-bond acceptors (Lipinski definition) is 4. The summed E-state index contributed by atoms with van der Waals surface area (Å²) in [5, 5.41) is 2.69. The van der Waals surface area contributed by atoms with Crippen LogP contribution in [0.2, 0.25) is 0 Å². The van der Waals surface area contributed by atoms with Crippen molar-refractivity contribution in [3.63, 3.8) is 0 Å². The van der Waals surface area contributed by atoms with E-state index in [1.165, 1.54) is 7.11 Å². The van der Waals surface area contributed by atoms with E-state index in [1.807, 2.05) is 6.92 Å². The first-order chi connectivity index (χ1) is 9.88. The van der Waals surface area contributed by atoms with Crippen LogP contribution in [-0.2, 0) is 14.8 Å². The lowest BCUT2D eigenvalue weighted by molar-refractivity contribution is -0.123. The molecule has 21 heavy (non-hydrogen) atoms. The van der Waals surface area contributed by atoms with Gasteiger partial charge in [0.25, 0.3) is 0 Å². The standard InChI is InChI=1S/C14H22N2O4S/c1-4-8-15-14(17)11(2)10-21(18,19)16-12-6-5-7-13(9-12)20-3/h5-7,9,11,16H,4,8,10H2,1-3H3,(H,15,17). The number of benzene rings is 1. The third-order valence-electron chi connectivity index (χ3n) is 2.81. The summed E-state index contributed by atoms with van der Waals surface area (Å²) in [5.41, 5.74) is 0.413. The number of nitrogens with one attached hydrogen (secondary N) is 2. The Kier molecular flexibility index (Phi) is 6.48. The molecule has 1 unspecified atom stereocenters. The maximum atomic E-state index is 12.1. The number of amides is 1. The van der Waals surface area contributed by atoms with Crippen LogP contribution in [-0.4, -0.2) is 33.7 Å². The van der Waals surface area contributed by atoms with Crippen LogP contribution in [0.3, 0.4) is 0 Å². The van der Waals surface area contributed by atoms with Crippen molar-refractivity contribution in [2.45, 2.75) is 20.3 Å². The first-order valence-corrected chi connectivity index (χ1v) is 8.45. The monoisotopic (exact) mass is 314 g/mol. The molecule has 0 spiro atoms. The van der Waals surface area contributed by atoms with Crippen molar-refractivity contribution in [1.82, 2.24) is 5.32 Å². The molecule has 0 saturated heterocycles. The zero-order valence-corrected chi connectivity index (χ0v) is 13.4. The Hall–Kier alpha value is -1.76. The molecule has 0 fully saturated rings. The van der Waals surface area contributed by atoms with Crippen molar-refractivity contribution in [3.05, 3.63) is 24.3 Å². The van der Waals surface area contributed by atoms with Crippen molar-refractivity contribution in [2.24, 2.45) is 5.92 Å². The fourth-order valence-electron chi connectivity index (χ4n) is 1.74. The molecule has 0 saturated carbocycles. The minimum Gasteiger partial charge on any atom is -0.497 e. The summed E-state index contributed by atoms with van der Waals surface area (Å²) in [6.45, 7) is 4.08. The van der Waals surface area contributed by atoms with Gasteiger partial charge < -0.3 is 10.1 Å². The molecule has 1 amide bonds. The molecule has 1 aromatic carbocycles. The molecule has 118 valence electrons. The van der Waals surface area contributed by atoms with Gasteiger partial charge in [-0.2, -0.15) is 0 Å². The van der Waals surface area contributed by atoms with Crippen LogP contribution in [0.15, 0.2) is 24.3 Å². The first-order valence-electron chi connectivity index (χ1n) is 6.80. The van der Waals surface area contributed by atoms with E-state index in [0.717, 1.165) is 6.42 Å². The van der Waals surface area contributed by atoms with Crippen LogP contribution in [0.1, 0.15) is 20.3 Å². The second-order valence-corrected chi connectivity index (χ2v) is 6.57. The average Bonchev–Trinajstić information content (AvgIpc) is 2.43. The number of anilines is 1. The number of sulfonamides is 1. The molecule has 1 aromatic rings. The number of ether oxygens (including phenoxy) is 1. The zero-order chi connectivity index (χ0) is 15.9. The summed E-state index contributed by atoms with van der Waals surface area (Å²) in [7, 11) is -2.09. The van der Waals surface area contributed by atoms with Crippen molar-refractivity contribution in [2.75, 3.05) is 24.1 Å². The van der Waals surface area contributed by atoms with E-state index in [9.17, 15) is 13.2 Å². The number of rotatable bonds is 8. The van der Waals surface area contributed by atoms with E-state index in [4.69, 9.17) is 4.74 Å². The van der Waals surface area contributed by atoms with Gasteiger partial charge in [-0.1, -0.05) is 19.9 Å². The van der Waals surface area contributed by atoms with E-state index < -0.39 is 15.9 Å². The lowest BCUT2D eigenvalue weighted by atomic mass is 10.2. The fourth-order valence-corrected chi connectivity index (χ4v) is 3.11. The average molecular weight is 314 g/mol. The Morgan fingerprint density at radius 1 is 1.38 bits per heavy atom. The lowest BCUT2D eigenvalue weighted by Crippen LogP contribution is -2.35. The zero-order valence-electron chi connectivity index (χ0n) is 12.5. The van der Waals surface area contributed by atoms with Gasteiger partial charge in [0.15, 0.2) is 0 Å². The molecule has 0 aliphatic rings. The largest absolute Gasteiger partial charge is 0.497 e. The van der Waals surface area contributed by atoms with Gasteiger partial charge in [-0.3, -0.25) is 9.52 Å². The van der Waals surface area contributed by atoms with E-state index in [1.54, 1.807) is 31.2 Å². The second-order valence-electron chi connectivity index (χ2n) is 4.81. The van der Waals surface area contributed by atoms with Gasteiger partial charge in [0, 0.05) is 12.6 Å². The van der Waals surface area contributed by atoms with E-state index in [2.05, 4.69) is 10.0 Å². The number of hydrogen-bond donors (Lipinski definition) is 2. The van der Waals surface area contributed by atoms with E-state index >= 15 is 0 Å². The molecule has 0 radical (unpaired) electrons. The quantitative estimate of drug-likeness (QED) is 0.763. The molecule has 0 heterocycles. The van der Waals surface area contributed by atoms with Gasteiger partial charge in [-0.25, -0.2) is 8.42 Å². The summed E-state index contributed by atoms with van der Waals surface area (Å²) >= 11 is 0. The van der Waals surface area contributed by atoms with Crippen LogP contribution in [0.25, 0.3) is 0 Å². The topological polar surface area (TPSA) is 84.5 Å². The first kappa shape index (κ1) is 17.3. The van der Waals surface area contributed by atoms with Crippen LogP contribution < -0.4 is 14.8 Å².